The summed E-state index contributed by atoms with van der Waals surface area (Å²) < 4.78 is 1.79. The molecule has 2 rings (SSSR count). The third kappa shape index (κ3) is 2.72. The lowest BCUT2D eigenvalue weighted by molar-refractivity contribution is 0.694. The van der Waals surface area contributed by atoms with Crippen LogP contribution in [0.25, 0.3) is 0 Å². The molecule has 0 saturated heterocycles. The Hall–Kier alpha value is -1.99. The molecule has 5 heteroatoms. The van der Waals surface area contributed by atoms with Crippen molar-refractivity contribution in [1.29, 1.82) is 5.26 Å². The predicted molar refractivity (Wildman–Crippen MR) is 76.2 cm³/mol. The number of hydrogen-bond donors (Lipinski definition) is 0. The molecular weight excluding hydrogens is 260 g/mol. The third-order valence-electron chi connectivity index (χ3n) is 3.06. The van der Waals surface area contributed by atoms with E-state index in [4.69, 9.17) is 16.9 Å². The summed E-state index contributed by atoms with van der Waals surface area (Å²) in [4.78, 5) is 2.04. The highest BCUT2D eigenvalue weighted by Gasteiger charge is 2.13. The average molecular weight is 275 g/mol. The normalized spacial score (nSPS) is 10.3. The van der Waals surface area contributed by atoms with Crippen LogP contribution < -0.4 is 4.90 Å². The molecule has 1 aromatic heterocycles. The zero-order valence-electron chi connectivity index (χ0n) is 11.2. The fourth-order valence-corrected chi connectivity index (χ4v) is 2.20. The highest BCUT2D eigenvalue weighted by molar-refractivity contribution is 6.31. The van der Waals surface area contributed by atoms with Crippen LogP contribution in [-0.4, -0.2) is 16.8 Å². The number of nitriles is 1. The molecule has 0 aliphatic heterocycles. The molecule has 0 spiro atoms. The Bertz CT molecular complexity index is 639. The largest absolute Gasteiger partial charge is 0.369 e. The van der Waals surface area contributed by atoms with Gasteiger partial charge in [-0.15, -0.1) is 0 Å². The Morgan fingerprint density at radius 3 is 2.79 bits per heavy atom. The van der Waals surface area contributed by atoms with Crippen LogP contribution in [-0.2, 0) is 13.6 Å². The minimum Gasteiger partial charge on any atom is -0.369 e. The fraction of sp³-hybridized carbons (Fsp3) is 0.286. The molecule has 19 heavy (non-hydrogen) atoms. The second-order valence-corrected chi connectivity index (χ2v) is 4.87. The maximum absolute atomic E-state index is 8.92. The van der Waals surface area contributed by atoms with Crippen LogP contribution in [0.5, 0.6) is 0 Å². The van der Waals surface area contributed by atoms with Gasteiger partial charge in [0.25, 0.3) is 0 Å². The van der Waals surface area contributed by atoms with Crippen molar-refractivity contribution >= 4 is 17.3 Å². The van der Waals surface area contributed by atoms with E-state index in [0.717, 1.165) is 17.1 Å². The molecule has 2 aromatic rings. The Labute approximate surface area is 117 Å². The molecule has 4 nitrogen and oxygen atoms in total. The lowest BCUT2D eigenvalue weighted by atomic mass is 10.2. The summed E-state index contributed by atoms with van der Waals surface area (Å²) in [5.74, 6) is 0. The van der Waals surface area contributed by atoms with Crippen molar-refractivity contribution in [1.82, 2.24) is 9.78 Å². The zero-order valence-corrected chi connectivity index (χ0v) is 11.9. The molecule has 0 unspecified atom stereocenters. The maximum Gasteiger partial charge on any atom is 0.0992 e. The van der Waals surface area contributed by atoms with Crippen molar-refractivity contribution in [2.24, 2.45) is 7.05 Å². The van der Waals surface area contributed by atoms with E-state index in [1.807, 2.05) is 44.1 Å². The van der Waals surface area contributed by atoms with Crippen molar-refractivity contribution in [3.63, 3.8) is 0 Å². The number of rotatable bonds is 3. The van der Waals surface area contributed by atoms with Crippen LogP contribution in [0.15, 0.2) is 24.3 Å². The van der Waals surface area contributed by atoms with Gasteiger partial charge in [-0.05, 0) is 25.1 Å². The molecule has 0 amide bonds. The third-order valence-corrected chi connectivity index (χ3v) is 3.56. The Morgan fingerprint density at radius 1 is 1.47 bits per heavy atom. The number of hydrogen-bond acceptors (Lipinski definition) is 3. The second kappa shape index (κ2) is 5.33. The molecule has 0 atom stereocenters. The summed E-state index contributed by atoms with van der Waals surface area (Å²) in [6, 6.07) is 9.64. The van der Waals surface area contributed by atoms with Crippen LogP contribution in [0, 0.1) is 18.3 Å². The van der Waals surface area contributed by atoms with Crippen molar-refractivity contribution in [2.75, 3.05) is 11.9 Å². The SMILES string of the molecule is Cc1nn(C)c(CN(C)c2cccc(C#N)c2)c1Cl. The molecule has 98 valence electrons. The van der Waals surface area contributed by atoms with Gasteiger partial charge in [0.2, 0.25) is 0 Å². The molecule has 0 aliphatic carbocycles. The number of nitrogens with zero attached hydrogens (tertiary/aromatic N) is 4. The Morgan fingerprint density at radius 2 is 2.21 bits per heavy atom. The van der Waals surface area contributed by atoms with E-state index in [-0.39, 0.29) is 0 Å². The number of halogens is 1. The summed E-state index contributed by atoms with van der Waals surface area (Å²) in [6.45, 7) is 2.53. The van der Waals surface area contributed by atoms with Crippen LogP contribution >= 0.6 is 11.6 Å². The Kier molecular flexibility index (Phi) is 3.77. The summed E-state index contributed by atoms with van der Waals surface area (Å²) in [5.41, 5.74) is 3.42. The first-order valence-corrected chi connectivity index (χ1v) is 6.30. The first kappa shape index (κ1) is 13.4. The monoisotopic (exact) mass is 274 g/mol. The quantitative estimate of drug-likeness (QED) is 0.864. The van der Waals surface area contributed by atoms with Crippen LogP contribution in [0.2, 0.25) is 5.02 Å². The van der Waals surface area contributed by atoms with E-state index < -0.39 is 0 Å². The number of aromatic nitrogens is 2. The highest BCUT2D eigenvalue weighted by atomic mass is 35.5. The summed E-state index contributed by atoms with van der Waals surface area (Å²) >= 11 is 6.24. The molecular formula is C14H15ClN4. The molecule has 0 radical (unpaired) electrons. The number of anilines is 1. The van der Waals surface area contributed by atoms with E-state index in [1.165, 1.54) is 0 Å². The zero-order chi connectivity index (χ0) is 14.0. The molecule has 1 heterocycles. The average Bonchev–Trinajstić information content (AvgIpc) is 2.65. The molecule has 0 aliphatic rings. The minimum absolute atomic E-state index is 0.644. The van der Waals surface area contributed by atoms with Gasteiger partial charge in [-0.2, -0.15) is 10.4 Å². The van der Waals surface area contributed by atoms with Gasteiger partial charge in [0.1, 0.15) is 0 Å². The first-order chi connectivity index (χ1) is 9.02. The van der Waals surface area contributed by atoms with Crippen molar-refractivity contribution in [2.45, 2.75) is 13.5 Å². The van der Waals surface area contributed by atoms with Crippen LogP contribution in [0.1, 0.15) is 17.0 Å². The van der Waals surface area contributed by atoms with Crippen molar-refractivity contribution in [3.8, 4) is 6.07 Å². The van der Waals surface area contributed by atoms with Gasteiger partial charge in [0.15, 0.2) is 0 Å². The van der Waals surface area contributed by atoms with Gasteiger partial charge < -0.3 is 4.90 Å². The van der Waals surface area contributed by atoms with Crippen molar-refractivity contribution < 1.29 is 0 Å². The van der Waals surface area contributed by atoms with Gasteiger partial charge >= 0.3 is 0 Å². The van der Waals surface area contributed by atoms with Gasteiger partial charge in [0, 0.05) is 19.8 Å². The lowest BCUT2D eigenvalue weighted by Gasteiger charge is -2.19. The van der Waals surface area contributed by atoms with Gasteiger partial charge in [0.05, 0.1) is 34.6 Å². The van der Waals surface area contributed by atoms with E-state index in [9.17, 15) is 0 Å². The molecule has 0 fully saturated rings. The van der Waals surface area contributed by atoms with Crippen LogP contribution in [0.3, 0.4) is 0 Å². The van der Waals surface area contributed by atoms with E-state index in [1.54, 1.807) is 10.7 Å². The molecule has 0 N–H and O–H groups in total. The number of aryl methyl sites for hydroxylation is 2. The van der Waals surface area contributed by atoms with E-state index in [2.05, 4.69) is 11.2 Å². The van der Waals surface area contributed by atoms with Crippen molar-refractivity contribution in [3.05, 3.63) is 46.2 Å². The minimum atomic E-state index is 0.644. The standard InChI is InChI=1S/C14H15ClN4/c1-10-14(15)13(19(3)17-10)9-18(2)12-6-4-5-11(7-12)8-16/h4-7H,9H2,1-3H3. The lowest BCUT2D eigenvalue weighted by Crippen LogP contribution is -2.18. The Balaban J connectivity index is 2.25. The smallest absolute Gasteiger partial charge is 0.0992 e. The first-order valence-electron chi connectivity index (χ1n) is 5.92. The molecule has 0 bridgehead atoms. The van der Waals surface area contributed by atoms with Crippen LogP contribution in [0.4, 0.5) is 5.69 Å². The topological polar surface area (TPSA) is 44.9 Å². The molecule has 0 saturated carbocycles. The maximum atomic E-state index is 8.92. The van der Waals surface area contributed by atoms with E-state index >= 15 is 0 Å². The van der Waals surface area contributed by atoms with Gasteiger partial charge in [-0.3, -0.25) is 4.68 Å². The highest BCUT2D eigenvalue weighted by Crippen LogP contribution is 2.23. The summed E-state index contributed by atoms with van der Waals surface area (Å²) in [7, 11) is 3.85. The van der Waals surface area contributed by atoms with Gasteiger partial charge in [-0.1, -0.05) is 17.7 Å². The predicted octanol–water partition coefficient (Wildman–Crippen LogP) is 2.89. The number of benzene rings is 1. The molecule has 1 aromatic carbocycles. The van der Waals surface area contributed by atoms with E-state index in [0.29, 0.717) is 17.1 Å². The summed E-state index contributed by atoms with van der Waals surface area (Å²) in [6.07, 6.45) is 0. The van der Waals surface area contributed by atoms with Gasteiger partial charge in [-0.25, -0.2) is 0 Å². The summed E-state index contributed by atoms with van der Waals surface area (Å²) in [5, 5.41) is 13.9. The second-order valence-electron chi connectivity index (χ2n) is 4.49. The fourth-order valence-electron chi connectivity index (χ4n) is 1.98.